The fraction of sp³-hybridized carbons (Fsp3) is 0.125. The summed E-state index contributed by atoms with van der Waals surface area (Å²) in [6.07, 6.45) is 3.84. The van der Waals surface area contributed by atoms with Crippen LogP contribution in [0.15, 0.2) is 140 Å². The fourth-order valence-corrected chi connectivity index (χ4v) is 12.4. The van der Waals surface area contributed by atoms with Crippen LogP contribution in [0.5, 0.6) is 0 Å². The van der Waals surface area contributed by atoms with Crippen molar-refractivity contribution < 1.29 is 0 Å². The molecule has 2 aliphatic rings. The van der Waals surface area contributed by atoms with Gasteiger partial charge in [0.1, 0.15) is 8.07 Å². The van der Waals surface area contributed by atoms with Gasteiger partial charge in [-0.15, -0.1) is 0 Å². The van der Waals surface area contributed by atoms with Gasteiger partial charge in [0.05, 0.1) is 11.4 Å². The maximum atomic E-state index is 5.02. The second kappa shape index (κ2) is 10.7. The van der Waals surface area contributed by atoms with Crippen molar-refractivity contribution in [2.45, 2.75) is 39.3 Å². The Kier molecular flexibility index (Phi) is 6.33. The molecule has 0 radical (unpaired) electrons. The van der Waals surface area contributed by atoms with Crippen LogP contribution in [-0.2, 0) is 5.41 Å². The summed E-state index contributed by atoms with van der Waals surface area (Å²) >= 11 is 0. The summed E-state index contributed by atoms with van der Waals surface area (Å²) in [5.41, 5.74) is 16.3. The van der Waals surface area contributed by atoms with Gasteiger partial charge in [-0.1, -0.05) is 117 Å². The molecule has 51 heavy (non-hydrogen) atoms. The molecule has 0 saturated heterocycles. The van der Waals surface area contributed by atoms with Crippen molar-refractivity contribution in [3.63, 3.8) is 0 Å². The Morgan fingerprint density at radius 3 is 1.80 bits per heavy atom. The van der Waals surface area contributed by atoms with E-state index in [0.717, 1.165) is 11.4 Å². The third-order valence-electron chi connectivity index (χ3n) is 11.8. The molecule has 0 fully saturated rings. The zero-order valence-electron chi connectivity index (χ0n) is 29.7. The molecule has 8 aromatic rings. The highest BCUT2D eigenvalue weighted by molar-refractivity contribution is 7.04. The molecule has 0 bridgehead atoms. The van der Waals surface area contributed by atoms with E-state index in [1.54, 1.807) is 0 Å². The molecule has 3 heterocycles. The van der Waals surface area contributed by atoms with Crippen LogP contribution in [0.25, 0.3) is 77.4 Å². The van der Waals surface area contributed by atoms with Crippen molar-refractivity contribution in [2.75, 3.05) is 0 Å². The third kappa shape index (κ3) is 4.28. The molecule has 10 rings (SSSR count). The van der Waals surface area contributed by atoms with Gasteiger partial charge in [-0.25, -0.2) is 0 Å². The number of fused-ring (bicyclic) bond motifs is 8. The predicted molar refractivity (Wildman–Crippen MR) is 218 cm³/mol. The number of aromatic nitrogens is 2. The Morgan fingerprint density at radius 2 is 1.06 bits per heavy atom. The standard InChI is InChI=1S/C48H38N2Si/c1-29-16-19-34-36-27-38-39(28-45(36)51(4,5)44(34)24-29)47(43-15-9-11-23-50-43)37-25-30(18-21-35(37)46(38)42-14-8-10-22-49-42)31-17-20-33-32-12-6-7-13-40(32)48(2,3)41(33)26-31/h6-28H,1-5H3. The molecule has 0 spiro atoms. The molecule has 3 heteroatoms. The van der Waals surface area contributed by atoms with E-state index in [4.69, 9.17) is 9.97 Å². The average Bonchev–Trinajstić information content (AvgIpc) is 3.51. The van der Waals surface area contributed by atoms with Crippen LogP contribution in [0.3, 0.4) is 0 Å². The lowest BCUT2D eigenvalue weighted by Gasteiger charge is -2.23. The molecule has 244 valence electrons. The number of nitrogens with zero attached hydrogens (tertiary/aromatic N) is 2. The highest BCUT2D eigenvalue weighted by atomic mass is 28.3. The van der Waals surface area contributed by atoms with E-state index in [1.807, 2.05) is 24.5 Å². The summed E-state index contributed by atoms with van der Waals surface area (Å²) in [6.45, 7) is 11.9. The summed E-state index contributed by atoms with van der Waals surface area (Å²) in [4.78, 5) is 10.00. The van der Waals surface area contributed by atoms with Crippen LogP contribution in [0.4, 0.5) is 0 Å². The lowest BCUT2D eigenvalue weighted by molar-refractivity contribution is 0.660. The van der Waals surface area contributed by atoms with E-state index < -0.39 is 8.07 Å². The molecule has 0 unspecified atom stereocenters. The van der Waals surface area contributed by atoms with E-state index in [1.165, 1.54) is 93.1 Å². The molecule has 6 aromatic carbocycles. The Bertz CT molecular complexity index is 2740. The van der Waals surface area contributed by atoms with Crippen molar-refractivity contribution >= 4 is 40.0 Å². The quantitative estimate of drug-likeness (QED) is 0.138. The summed E-state index contributed by atoms with van der Waals surface area (Å²) in [7, 11) is -1.97. The van der Waals surface area contributed by atoms with Crippen molar-refractivity contribution in [3.8, 4) is 55.9 Å². The normalized spacial score (nSPS) is 14.7. The van der Waals surface area contributed by atoms with E-state index >= 15 is 0 Å². The number of benzene rings is 6. The van der Waals surface area contributed by atoms with Gasteiger partial charge in [-0.05, 0) is 126 Å². The molecule has 1 aliphatic heterocycles. The topological polar surface area (TPSA) is 25.8 Å². The molecular formula is C48H38N2Si. The van der Waals surface area contributed by atoms with Gasteiger partial charge < -0.3 is 0 Å². The molecule has 2 aromatic heterocycles. The van der Waals surface area contributed by atoms with E-state index in [2.05, 4.69) is 149 Å². The van der Waals surface area contributed by atoms with Gasteiger partial charge in [0.25, 0.3) is 0 Å². The molecule has 2 nitrogen and oxygen atoms in total. The van der Waals surface area contributed by atoms with Gasteiger partial charge in [0.2, 0.25) is 0 Å². The summed E-state index contributed by atoms with van der Waals surface area (Å²) in [6, 6.07) is 47.6. The minimum atomic E-state index is -1.97. The van der Waals surface area contributed by atoms with Gasteiger partial charge in [-0.3, -0.25) is 9.97 Å². The summed E-state index contributed by atoms with van der Waals surface area (Å²) in [5, 5.41) is 7.89. The second-order valence-corrected chi connectivity index (χ2v) is 19.8. The second-order valence-electron chi connectivity index (χ2n) is 15.5. The van der Waals surface area contributed by atoms with E-state index in [-0.39, 0.29) is 5.41 Å². The Labute approximate surface area is 300 Å². The van der Waals surface area contributed by atoms with Crippen molar-refractivity contribution in [1.82, 2.24) is 9.97 Å². The first-order valence-electron chi connectivity index (χ1n) is 18.0. The third-order valence-corrected chi connectivity index (χ3v) is 15.3. The Morgan fingerprint density at radius 1 is 0.471 bits per heavy atom. The zero-order valence-corrected chi connectivity index (χ0v) is 30.7. The first-order valence-corrected chi connectivity index (χ1v) is 21.0. The number of pyridine rings is 2. The largest absolute Gasteiger partial charge is 0.256 e. The number of hydrogen-bond acceptors (Lipinski definition) is 2. The van der Waals surface area contributed by atoms with Crippen molar-refractivity contribution in [1.29, 1.82) is 0 Å². The molecule has 0 N–H and O–H groups in total. The highest BCUT2D eigenvalue weighted by Gasteiger charge is 2.39. The molecule has 0 atom stereocenters. The van der Waals surface area contributed by atoms with Crippen molar-refractivity contribution in [3.05, 3.63) is 156 Å². The minimum Gasteiger partial charge on any atom is -0.256 e. The summed E-state index contributed by atoms with van der Waals surface area (Å²) < 4.78 is 0. The maximum absolute atomic E-state index is 5.02. The van der Waals surface area contributed by atoms with Crippen LogP contribution < -0.4 is 10.4 Å². The molecule has 0 amide bonds. The van der Waals surface area contributed by atoms with Crippen molar-refractivity contribution in [2.24, 2.45) is 0 Å². The molecule has 1 aliphatic carbocycles. The van der Waals surface area contributed by atoms with Crippen LogP contribution >= 0.6 is 0 Å². The van der Waals surface area contributed by atoms with Gasteiger partial charge in [0.15, 0.2) is 0 Å². The lowest BCUT2D eigenvalue weighted by Crippen LogP contribution is -2.49. The number of rotatable bonds is 3. The van der Waals surface area contributed by atoms with Crippen LogP contribution in [0.2, 0.25) is 13.1 Å². The molecular weight excluding hydrogens is 633 g/mol. The number of hydrogen-bond donors (Lipinski definition) is 0. The number of aryl methyl sites for hydroxylation is 1. The lowest BCUT2D eigenvalue weighted by atomic mass is 9.81. The first kappa shape index (κ1) is 30.2. The Hall–Kier alpha value is -5.64. The fourth-order valence-electron chi connectivity index (χ4n) is 9.20. The SMILES string of the molecule is Cc1ccc2c(c1)[Si](C)(C)c1cc3c(-c4ccccn4)c4cc(-c5ccc6c(c5)C(C)(C)c5ccccc5-6)ccc4c(-c4ccccn4)c3cc1-2. The van der Waals surface area contributed by atoms with E-state index in [0.29, 0.717) is 0 Å². The van der Waals surface area contributed by atoms with Crippen LogP contribution in [0, 0.1) is 6.92 Å². The van der Waals surface area contributed by atoms with Crippen LogP contribution in [-0.4, -0.2) is 18.0 Å². The molecule has 0 saturated carbocycles. The van der Waals surface area contributed by atoms with Crippen LogP contribution in [0.1, 0.15) is 30.5 Å². The average molecular weight is 671 g/mol. The Balaban J connectivity index is 1.30. The smallest absolute Gasteiger partial charge is 0.113 e. The predicted octanol–water partition coefficient (Wildman–Crippen LogP) is 11.2. The van der Waals surface area contributed by atoms with E-state index in [9.17, 15) is 0 Å². The van der Waals surface area contributed by atoms with Gasteiger partial charge in [0, 0.05) is 28.9 Å². The monoisotopic (exact) mass is 670 g/mol. The zero-order chi connectivity index (χ0) is 34.6. The summed E-state index contributed by atoms with van der Waals surface area (Å²) in [5.74, 6) is 0. The highest BCUT2D eigenvalue weighted by Crippen LogP contribution is 2.50. The van der Waals surface area contributed by atoms with Gasteiger partial charge >= 0.3 is 0 Å². The maximum Gasteiger partial charge on any atom is 0.113 e. The minimum absolute atomic E-state index is 0.0621. The van der Waals surface area contributed by atoms with Gasteiger partial charge in [-0.2, -0.15) is 0 Å². The first-order chi connectivity index (χ1) is 24.7.